The molecule has 352 valence electrons. The lowest BCUT2D eigenvalue weighted by Gasteiger charge is -2.39. The number of hydrogen-bond acceptors (Lipinski definition) is 10. The van der Waals surface area contributed by atoms with Gasteiger partial charge in [-0.2, -0.15) is 0 Å². The Bertz CT molecular complexity index is 1480. The van der Waals surface area contributed by atoms with Gasteiger partial charge in [-0.25, -0.2) is 0 Å². The molecule has 1 fully saturated rings. The van der Waals surface area contributed by atoms with Gasteiger partial charge < -0.3 is 39.4 Å². The third-order valence-electron chi connectivity index (χ3n) is 9.54. The molecule has 0 aromatic rings. The highest BCUT2D eigenvalue weighted by atomic mass is 16.7. The molecule has 0 amide bonds. The maximum Gasteiger partial charge on any atom is 0.306 e. The molecule has 4 N–H and O–H groups in total. The van der Waals surface area contributed by atoms with Crippen LogP contribution in [0.2, 0.25) is 0 Å². The van der Waals surface area contributed by atoms with Crippen LogP contribution in [0.15, 0.2) is 134 Å². The van der Waals surface area contributed by atoms with Crippen LogP contribution in [0.25, 0.3) is 0 Å². The minimum absolute atomic E-state index is 0.0878. The summed E-state index contributed by atoms with van der Waals surface area (Å²) < 4.78 is 22.1. The van der Waals surface area contributed by atoms with Crippen molar-refractivity contribution in [2.24, 2.45) is 0 Å². The van der Waals surface area contributed by atoms with E-state index < -0.39 is 55.4 Å². The molecule has 0 aliphatic carbocycles. The molecule has 0 aromatic carbocycles. The topological polar surface area (TPSA) is 152 Å². The molecule has 2 unspecified atom stereocenters. The monoisotopic (exact) mass is 877 g/mol. The number of aliphatic hydroxyl groups excluding tert-OH is 4. The Balaban J connectivity index is 2.42. The second kappa shape index (κ2) is 41.8. The van der Waals surface area contributed by atoms with Crippen molar-refractivity contribution in [2.45, 2.75) is 166 Å². The Labute approximate surface area is 379 Å². The van der Waals surface area contributed by atoms with Gasteiger partial charge >= 0.3 is 11.9 Å². The molecule has 1 heterocycles. The van der Waals surface area contributed by atoms with Crippen LogP contribution < -0.4 is 0 Å². The highest BCUT2D eigenvalue weighted by molar-refractivity contribution is 5.70. The second-order valence-corrected chi connectivity index (χ2v) is 15.1. The van der Waals surface area contributed by atoms with Gasteiger partial charge in [-0.3, -0.25) is 9.59 Å². The maximum absolute atomic E-state index is 12.8. The normalized spacial score (nSPS) is 20.8. The Morgan fingerprint density at radius 1 is 0.492 bits per heavy atom. The largest absolute Gasteiger partial charge is 0.462 e. The van der Waals surface area contributed by atoms with Crippen LogP contribution in [-0.2, 0) is 28.5 Å². The van der Waals surface area contributed by atoms with Gasteiger partial charge in [-0.1, -0.05) is 154 Å². The SMILES string of the molecule is CC/C=C/C/C=C/C/C=C/C/C=C/C/C=C/C/C=C/CCC(=O)O[C@@H](COC(=O)CCCCC/C=C/C/C=C/C/C=C/C/C=C/C/C=C/CC)CO[C@H]1O[C@@H](CO)[C@@H](O)C(O)C1O. The van der Waals surface area contributed by atoms with E-state index >= 15 is 0 Å². The van der Waals surface area contributed by atoms with Crippen LogP contribution in [0, 0.1) is 0 Å². The molecule has 1 aliphatic heterocycles. The van der Waals surface area contributed by atoms with Gasteiger partial charge in [0.05, 0.1) is 13.2 Å². The van der Waals surface area contributed by atoms with Crippen molar-refractivity contribution in [3.63, 3.8) is 0 Å². The molecule has 6 atom stereocenters. The van der Waals surface area contributed by atoms with Gasteiger partial charge in [-0.15, -0.1) is 0 Å². The molecular weight excluding hydrogens is 797 g/mol. The van der Waals surface area contributed by atoms with Crippen LogP contribution in [0.4, 0.5) is 0 Å². The molecule has 1 saturated heterocycles. The van der Waals surface area contributed by atoms with Crippen LogP contribution in [0.3, 0.4) is 0 Å². The van der Waals surface area contributed by atoms with Gasteiger partial charge in [0.15, 0.2) is 12.4 Å². The molecule has 10 nitrogen and oxygen atoms in total. The summed E-state index contributed by atoms with van der Waals surface area (Å²) in [6, 6.07) is 0. The van der Waals surface area contributed by atoms with E-state index in [2.05, 4.69) is 135 Å². The lowest BCUT2D eigenvalue weighted by atomic mass is 9.99. The number of aliphatic hydroxyl groups is 4. The summed E-state index contributed by atoms with van der Waals surface area (Å²) in [6.07, 6.45) is 53.2. The van der Waals surface area contributed by atoms with Gasteiger partial charge in [-0.05, 0) is 96.3 Å². The third-order valence-corrected chi connectivity index (χ3v) is 9.54. The molecular formula is C53H80O10. The van der Waals surface area contributed by atoms with Crippen molar-refractivity contribution in [1.82, 2.24) is 0 Å². The van der Waals surface area contributed by atoms with Crippen LogP contribution in [0.5, 0.6) is 0 Å². The number of unbranched alkanes of at least 4 members (excludes halogenated alkanes) is 3. The Morgan fingerprint density at radius 3 is 1.37 bits per heavy atom. The third kappa shape index (κ3) is 33.1. The van der Waals surface area contributed by atoms with E-state index in [1.165, 1.54) is 0 Å². The first-order valence-electron chi connectivity index (χ1n) is 23.3. The zero-order valence-electron chi connectivity index (χ0n) is 38.3. The Morgan fingerprint density at radius 2 is 0.921 bits per heavy atom. The summed E-state index contributed by atoms with van der Waals surface area (Å²) in [6.45, 7) is 3.06. The van der Waals surface area contributed by atoms with Gasteiger partial charge in [0, 0.05) is 12.8 Å². The molecule has 0 radical (unpaired) electrons. The maximum atomic E-state index is 12.8. The van der Waals surface area contributed by atoms with Gasteiger partial charge in [0.2, 0.25) is 0 Å². The van der Waals surface area contributed by atoms with Crippen molar-refractivity contribution in [2.75, 3.05) is 19.8 Å². The first-order valence-corrected chi connectivity index (χ1v) is 23.3. The van der Waals surface area contributed by atoms with Crippen molar-refractivity contribution in [1.29, 1.82) is 0 Å². The number of allylic oxidation sites excluding steroid dienone is 22. The van der Waals surface area contributed by atoms with Crippen molar-refractivity contribution >= 4 is 11.9 Å². The molecule has 0 aromatic heterocycles. The first-order chi connectivity index (χ1) is 30.8. The molecule has 0 saturated carbocycles. The first kappa shape index (κ1) is 56.9. The molecule has 0 bridgehead atoms. The van der Waals surface area contributed by atoms with E-state index in [9.17, 15) is 30.0 Å². The fourth-order valence-corrected chi connectivity index (χ4v) is 5.94. The van der Waals surface area contributed by atoms with E-state index in [1.54, 1.807) is 0 Å². The number of esters is 2. The molecule has 63 heavy (non-hydrogen) atoms. The fourth-order valence-electron chi connectivity index (χ4n) is 5.94. The minimum Gasteiger partial charge on any atom is -0.462 e. The number of hydrogen-bond donors (Lipinski definition) is 4. The predicted molar refractivity (Wildman–Crippen MR) is 256 cm³/mol. The fraction of sp³-hybridized carbons (Fsp3) is 0.547. The smallest absolute Gasteiger partial charge is 0.306 e. The number of carbonyl (C=O) groups excluding carboxylic acids is 2. The zero-order valence-corrected chi connectivity index (χ0v) is 38.3. The Hall–Kier alpha value is -4.16. The van der Waals surface area contributed by atoms with Crippen LogP contribution in [-0.4, -0.2) is 89.0 Å². The van der Waals surface area contributed by atoms with Crippen molar-refractivity contribution in [3.8, 4) is 0 Å². The summed E-state index contributed by atoms with van der Waals surface area (Å²) in [5, 5.41) is 40.1. The predicted octanol–water partition coefficient (Wildman–Crippen LogP) is 10.4. The van der Waals surface area contributed by atoms with Crippen molar-refractivity contribution < 1.29 is 49.0 Å². The minimum atomic E-state index is -1.62. The summed E-state index contributed by atoms with van der Waals surface area (Å²) in [5.41, 5.74) is 0. The zero-order chi connectivity index (χ0) is 45.9. The van der Waals surface area contributed by atoms with E-state index in [0.29, 0.717) is 12.8 Å². The summed E-state index contributed by atoms with van der Waals surface area (Å²) in [4.78, 5) is 25.3. The summed E-state index contributed by atoms with van der Waals surface area (Å²) in [7, 11) is 0. The van der Waals surface area contributed by atoms with E-state index in [4.69, 9.17) is 18.9 Å². The highest BCUT2D eigenvalue weighted by Crippen LogP contribution is 2.22. The highest BCUT2D eigenvalue weighted by Gasteiger charge is 2.44. The van der Waals surface area contributed by atoms with Crippen LogP contribution in [0.1, 0.15) is 129 Å². The molecule has 1 rings (SSSR count). The molecule has 10 heteroatoms. The van der Waals surface area contributed by atoms with E-state index in [1.807, 2.05) is 12.2 Å². The molecule has 0 spiro atoms. The summed E-state index contributed by atoms with van der Waals surface area (Å²) in [5.74, 6) is -0.959. The van der Waals surface area contributed by atoms with Crippen LogP contribution >= 0.6 is 0 Å². The van der Waals surface area contributed by atoms with Crippen molar-refractivity contribution in [3.05, 3.63) is 134 Å². The van der Waals surface area contributed by atoms with Gasteiger partial charge in [0.1, 0.15) is 31.0 Å². The number of rotatable bonds is 36. The second-order valence-electron chi connectivity index (χ2n) is 15.1. The van der Waals surface area contributed by atoms with Gasteiger partial charge in [0.25, 0.3) is 0 Å². The standard InChI is InChI=1S/C53H80O10/c1-3-5-7-9-11-13-15-17-19-21-23-25-27-29-31-33-35-37-39-41-48(55)60-44-46(45-61-53-52(59)51(58)50(57)47(43-54)63-53)62-49(56)42-40-38-36-34-32-30-28-26-24-22-20-18-16-14-12-10-8-6-4-2/h5-8,11-14,17-20,23-26,29-32,36,38,46-47,50-54,57-59H,3-4,9-10,15-16,21-22,27-28,33-35,37,39-45H2,1-2H3/b7-5+,8-6+,13-11+,14-12+,19-17+,20-18+,25-23+,26-24+,31-29+,32-30+,38-36+/t46-,47-,50+,51?,52?,53-/m0/s1. The average molecular weight is 877 g/mol. The van der Waals surface area contributed by atoms with E-state index in [-0.39, 0.29) is 26.1 Å². The Kier molecular flexibility index (Phi) is 37.7. The lowest BCUT2D eigenvalue weighted by Crippen LogP contribution is -2.59. The lowest BCUT2D eigenvalue weighted by molar-refractivity contribution is -0.305. The van der Waals surface area contributed by atoms with E-state index in [0.717, 1.165) is 89.9 Å². The molecule has 1 aliphatic rings. The quantitative estimate of drug-likeness (QED) is 0.0272. The number of carbonyl (C=O) groups is 2. The number of ether oxygens (including phenoxy) is 4. The average Bonchev–Trinajstić information content (AvgIpc) is 3.28. The summed E-state index contributed by atoms with van der Waals surface area (Å²) >= 11 is 0.